The molecular formula is C5H10FO. The Bertz CT molecular complexity index is 39.1. The molecule has 1 radical (unpaired) electrons. The highest BCUT2D eigenvalue weighted by Crippen LogP contribution is 1.96. The summed E-state index contributed by atoms with van der Waals surface area (Å²) in [6.45, 7) is 5.25. The second-order valence-corrected chi connectivity index (χ2v) is 1.19. The van der Waals surface area contributed by atoms with Crippen molar-refractivity contribution in [3.05, 3.63) is 6.92 Å². The summed E-state index contributed by atoms with van der Waals surface area (Å²) in [6.07, 6.45) is -0.701. The Morgan fingerprint density at radius 2 is 2.43 bits per heavy atom. The van der Waals surface area contributed by atoms with Gasteiger partial charge in [0.25, 0.3) is 0 Å². The Balaban J connectivity index is 2.83. The molecule has 43 valence electrons. The van der Waals surface area contributed by atoms with E-state index in [0.717, 1.165) is 0 Å². The van der Waals surface area contributed by atoms with Crippen LogP contribution in [0.2, 0.25) is 0 Å². The fraction of sp³-hybridized carbons (Fsp3) is 0.800. The van der Waals surface area contributed by atoms with E-state index in [-0.39, 0.29) is 6.61 Å². The lowest BCUT2D eigenvalue weighted by molar-refractivity contribution is -0.0269. The van der Waals surface area contributed by atoms with Gasteiger partial charge in [-0.1, -0.05) is 6.92 Å². The van der Waals surface area contributed by atoms with Crippen LogP contribution in [0.25, 0.3) is 0 Å². The molecule has 0 aromatic heterocycles. The fourth-order valence-corrected chi connectivity index (χ4v) is 0.246. The van der Waals surface area contributed by atoms with E-state index in [1.165, 1.54) is 0 Å². The summed E-state index contributed by atoms with van der Waals surface area (Å²) in [5.41, 5.74) is 0. The van der Waals surface area contributed by atoms with E-state index in [0.29, 0.717) is 6.42 Å². The summed E-state index contributed by atoms with van der Waals surface area (Å²) in [5, 5.41) is 0. The summed E-state index contributed by atoms with van der Waals surface area (Å²) >= 11 is 0. The van der Waals surface area contributed by atoms with Crippen LogP contribution in [0.3, 0.4) is 0 Å². The number of hydrogen-bond donors (Lipinski definition) is 0. The van der Waals surface area contributed by atoms with Crippen LogP contribution >= 0.6 is 0 Å². The maximum atomic E-state index is 11.9. The number of alkyl halides is 1. The molecule has 0 N–H and O–H groups in total. The van der Waals surface area contributed by atoms with Gasteiger partial charge in [0.05, 0.1) is 6.61 Å². The largest absolute Gasteiger partial charge is 0.348 e. The van der Waals surface area contributed by atoms with Gasteiger partial charge >= 0.3 is 0 Å². The van der Waals surface area contributed by atoms with Crippen molar-refractivity contribution in [2.75, 3.05) is 6.61 Å². The van der Waals surface area contributed by atoms with E-state index >= 15 is 0 Å². The zero-order chi connectivity index (χ0) is 5.70. The Morgan fingerprint density at radius 3 is 2.57 bits per heavy atom. The van der Waals surface area contributed by atoms with E-state index in [2.05, 4.69) is 11.7 Å². The number of ether oxygens (including phenoxy) is 1. The fourth-order valence-electron chi connectivity index (χ4n) is 0.246. The van der Waals surface area contributed by atoms with Crippen molar-refractivity contribution < 1.29 is 9.13 Å². The Kier molecular flexibility index (Phi) is 4.00. The van der Waals surface area contributed by atoms with E-state index in [4.69, 9.17) is 0 Å². The lowest BCUT2D eigenvalue weighted by atomic mass is 10.5. The van der Waals surface area contributed by atoms with Gasteiger partial charge in [-0.25, -0.2) is 4.39 Å². The average Bonchev–Trinajstić information content (AvgIpc) is 1.68. The molecule has 1 nitrogen and oxygen atoms in total. The van der Waals surface area contributed by atoms with Crippen LogP contribution in [-0.4, -0.2) is 13.0 Å². The Morgan fingerprint density at radius 1 is 1.86 bits per heavy atom. The molecule has 0 aliphatic rings. The van der Waals surface area contributed by atoms with Crippen molar-refractivity contribution >= 4 is 0 Å². The van der Waals surface area contributed by atoms with Crippen LogP contribution in [-0.2, 0) is 4.74 Å². The normalized spacial score (nSPS) is 14.1. The topological polar surface area (TPSA) is 9.23 Å². The van der Waals surface area contributed by atoms with E-state index < -0.39 is 6.36 Å². The summed E-state index contributed by atoms with van der Waals surface area (Å²) in [4.78, 5) is 0. The first kappa shape index (κ1) is 6.89. The van der Waals surface area contributed by atoms with Crippen LogP contribution in [0.5, 0.6) is 0 Å². The molecule has 0 aromatic rings. The van der Waals surface area contributed by atoms with Crippen molar-refractivity contribution in [2.24, 2.45) is 0 Å². The molecule has 0 aromatic carbocycles. The zero-order valence-corrected chi connectivity index (χ0v) is 4.48. The molecule has 0 saturated carbocycles. The second kappa shape index (κ2) is 4.06. The van der Waals surface area contributed by atoms with E-state index in [1.54, 1.807) is 6.92 Å². The lowest BCUT2D eigenvalue weighted by Crippen LogP contribution is -2.02. The predicted octanol–water partition coefficient (Wildman–Crippen LogP) is 1.54. The van der Waals surface area contributed by atoms with E-state index in [9.17, 15) is 4.39 Å². The first-order valence-electron chi connectivity index (χ1n) is 2.36. The van der Waals surface area contributed by atoms with Crippen molar-refractivity contribution in [1.82, 2.24) is 0 Å². The first-order valence-corrected chi connectivity index (χ1v) is 2.36. The second-order valence-electron chi connectivity index (χ2n) is 1.19. The maximum absolute atomic E-state index is 11.9. The SMILES string of the molecule is [CH2]COC(F)CC. The molecule has 0 saturated heterocycles. The van der Waals surface area contributed by atoms with Crippen molar-refractivity contribution in [3.8, 4) is 0 Å². The van der Waals surface area contributed by atoms with Crippen LogP contribution in [0, 0.1) is 6.92 Å². The molecule has 0 fully saturated rings. The minimum Gasteiger partial charge on any atom is -0.348 e. The molecule has 7 heavy (non-hydrogen) atoms. The minimum absolute atomic E-state index is 0.217. The molecule has 0 bridgehead atoms. The third-order valence-corrected chi connectivity index (χ3v) is 0.620. The molecule has 0 heterocycles. The standard InChI is InChI=1S/C5H10FO/c1-3-5(6)7-4-2/h5H,2-4H2,1H3. The van der Waals surface area contributed by atoms with E-state index in [1.807, 2.05) is 0 Å². The highest BCUT2D eigenvalue weighted by Gasteiger charge is 1.97. The zero-order valence-electron chi connectivity index (χ0n) is 4.48. The summed E-state index contributed by atoms with van der Waals surface area (Å²) in [5.74, 6) is 0. The summed E-state index contributed by atoms with van der Waals surface area (Å²) < 4.78 is 16.3. The van der Waals surface area contributed by atoms with Crippen LogP contribution in [0.15, 0.2) is 0 Å². The van der Waals surface area contributed by atoms with Gasteiger partial charge in [-0.3, -0.25) is 0 Å². The highest BCUT2D eigenvalue weighted by atomic mass is 19.1. The monoisotopic (exact) mass is 105 g/mol. The van der Waals surface area contributed by atoms with Gasteiger partial charge in [-0.05, 0) is 6.92 Å². The van der Waals surface area contributed by atoms with Gasteiger partial charge < -0.3 is 4.74 Å². The molecule has 0 amide bonds. The average molecular weight is 105 g/mol. The van der Waals surface area contributed by atoms with Gasteiger partial charge in [-0.15, -0.1) is 0 Å². The van der Waals surface area contributed by atoms with Crippen LogP contribution in [0.4, 0.5) is 4.39 Å². The molecule has 1 unspecified atom stereocenters. The van der Waals surface area contributed by atoms with Crippen molar-refractivity contribution in [3.63, 3.8) is 0 Å². The molecule has 1 atom stereocenters. The number of halogens is 1. The van der Waals surface area contributed by atoms with Crippen molar-refractivity contribution in [2.45, 2.75) is 19.7 Å². The van der Waals surface area contributed by atoms with Gasteiger partial charge in [0.15, 0.2) is 6.36 Å². The van der Waals surface area contributed by atoms with Crippen molar-refractivity contribution in [1.29, 1.82) is 0 Å². The molecule has 0 aliphatic carbocycles. The van der Waals surface area contributed by atoms with Gasteiger partial charge in [0.2, 0.25) is 0 Å². The minimum atomic E-state index is -1.11. The lowest BCUT2D eigenvalue weighted by Gasteiger charge is -2.01. The smallest absolute Gasteiger partial charge is 0.198 e. The molecule has 0 spiro atoms. The quantitative estimate of drug-likeness (QED) is 0.529. The number of rotatable bonds is 3. The molecular weight excluding hydrogens is 95.1 g/mol. The van der Waals surface area contributed by atoms with Crippen LogP contribution in [0.1, 0.15) is 13.3 Å². The third-order valence-electron chi connectivity index (χ3n) is 0.620. The highest BCUT2D eigenvalue weighted by molar-refractivity contribution is 4.35. The Hall–Kier alpha value is -0.110. The first-order chi connectivity index (χ1) is 3.31. The molecule has 0 rings (SSSR count). The third kappa shape index (κ3) is 3.73. The summed E-state index contributed by atoms with van der Waals surface area (Å²) in [6, 6.07) is 0. The Labute approximate surface area is 43.5 Å². The molecule has 0 aliphatic heterocycles. The summed E-state index contributed by atoms with van der Waals surface area (Å²) in [7, 11) is 0. The molecule has 2 heteroatoms. The maximum Gasteiger partial charge on any atom is 0.198 e. The van der Waals surface area contributed by atoms with Gasteiger partial charge in [0, 0.05) is 6.42 Å². The number of hydrogen-bond acceptors (Lipinski definition) is 1. The van der Waals surface area contributed by atoms with Gasteiger partial charge in [-0.2, -0.15) is 0 Å². The van der Waals surface area contributed by atoms with Gasteiger partial charge in [0.1, 0.15) is 0 Å². The van der Waals surface area contributed by atoms with Crippen LogP contribution < -0.4 is 0 Å². The predicted molar refractivity (Wildman–Crippen MR) is 26.5 cm³/mol.